The van der Waals surface area contributed by atoms with E-state index in [0.29, 0.717) is 18.0 Å². The van der Waals surface area contributed by atoms with Crippen molar-refractivity contribution >= 4 is 5.91 Å². The molecule has 110 valence electrons. The highest BCUT2D eigenvalue weighted by atomic mass is 16.2. The van der Waals surface area contributed by atoms with Crippen molar-refractivity contribution in [2.24, 2.45) is 5.92 Å². The van der Waals surface area contributed by atoms with Crippen LogP contribution in [0.5, 0.6) is 0 Å². The summed E-state index contributed by atoms with van der Waals surface area (Å²) in [5, 5.41) is 3.43. The summed E-state index contributed by atoms with van der Waals surface area (Å²) in [4.78, 5) is 17.1. The maximum absolute atomic E-state index is 12.5. The second kappa shape index (κ2) is 6.71. The highest BCUT2D eigenvalue weighted by Gasteiger charge is 2.30. The molecule has 1 N–H and O–H groups in total. The summed E-state index contributed by atoms with van der Waals surface area (Å²) in [7, 11) is 0. The lowest BCUT2D eigenvalue weighted by Gasteiger charge is -2.40. The molecule has 0 aromatic heterocycles. The minimum absolute atomic E-state index is 0.214. The predicted octanol–water partition coefficient (Wildman–Crippen LogP) is 1.32. The normalized spacial score (nSPS) is 31.2. The Hall–Kier alpha value is -0.610. The van der Waals surface area contributed by atoms with E-state index in [4.69, 9.17) is 0 Å². The minimum atomic E-state index is 0.214. The Balaban J connectivity index is 1.79. The Morgan fingerprint density at radius 1 is 1.26 bits per heavy atom. The van der Waals surface area contributed by atoms with Crippen LogP contribution >= 0.6 is 0 Å². The highest BCUT2D eigenvalue weighted by Crippen LogP contribution is 2.18. The summed E-state index contributed by atoms with van der Waals surface area (Å²) in [6, 6.07) is 1.22. The van der Waals surface area contributed by atoms with Gasteiger partial charge in [0.25, 0.3) is 0 Å². The summed E-state index contributed by atoms with van der Waals surface area (Å²) in [5.41, 5.74) is 0. The van der Waals surface area contributed by atoms with Crippen molar-refractivity contribution in [3.05, 3.63) is 0 Å². The number of rotatable bonds is 3. The van der Waals surface area contributed by atoms with Gasteiger partial charge in [-0.25, -0.2) is 0 Å². The van der Waals surface area contributed by atoms with E-state index in [2.05, 4.69) is 35.9 Å². The molecule has 2 heterocycles. The molecule has 2 rings (SSSR count). The van der Waals surface area contributed by atoms with Crippen molar-refractivity contribution in [2.75, 3.05) is 32.7 Å². The zero-order valence-corrected chi connectivity index (χ0v) is 12.7. The van der Waals surface area contributed by atoms with E-state index in [-0.39, 0.29) is 5.92 Å². The molecule has 0 saturated carbocycles. The van der Waals surface area contributed by atoms with Gasteiger partial charge in [0.1, 0.15) is 0 Å². The van der Waals surface area contributed by atoms with Crippen LogP contribution in [-0.4, -0.2) is 60.5 Å². The summed E-state index contributed by atoms with van der Waals surface area (Å²) < 4.78 is 0. The third-order valence-electron chi connectivity index (χ3n) is 4.85. The number of nitrogens with one attached hydrogen (secondary N) is 1. The lowest BCUT2D eigenvalue weighted by Crippen LogP contribution is -2.54. The van der Waals surface area contributed by atoms with Gasteiger partial charge in [0.05, 0.1) is 5.92 Å². The maximum atomic E-state index is 12.5. The van der Waals surface area contributed by atoms with Gasteiger partial charge in [-0.3, -0.25) is 9.69 Å². The van der Waals surface area contributed by atoms with Crippen molar-refractivity contribution in [1.29, 1.82) is 0 Å². The highest BCUT2D eigenvalue weighted by molar-refractivity contribution is 5.79. The van der Waals surface area contributed by atoms with E-state index < -0.39 is 0 Å². The fourth-order valence-corrected chi connectivity index (χ4v) is 3.11. The lowest BCUT2D eigenvalue weighted by atomic mass is 9.94. The van der Waals surface area contributed by atoms with Crippen LogP contribution in [0, 0.1) is 5.92 Å². The molecular formula is C15H29N3O. The zero-order valence-electron chi connectivity index (χ0n) is 12.7. The summed E-state index contributed by atoms with van der Waals surface area (Å²) in [6.45, 7) is 11.5. The Kier molecular flexibility index (Phi) is 5.22. The van der Waals surface area contributed by atoms with Crippen LogP contribution in [0.4, 0.5) is 0 Å². The van der Waals surface area contributed by atoms with Gasteiger partial charge in [0, 0.05) is 44.8 Å². The number of nitrogens with zero attached hydrogens (tertiary/aromatic N) is 2. The largest absolute Gasteiger partial charge is 0.340 e. The zero-order chi connectivity index (χ0) is 13.8. The van der Waals surface area contributed by atoms with Crippen molar-refractivity contribution in [3.63, 3.8) is 0 Å². The molecule has 1 amide bonds. The first-order chi connectivity index (χ1) is 9.11. The van der Waals surface area contributed by atoms with E-state index in [0.717, 1.165) is 45.6 Å². The fraction of sp³-hybridized carbons (Fsp3) is 0.933. The SMILES string of the molecule is CCC(C)N1CCN(C(=O)C2CCC(C)NC2)CC1. The Morgan fingerprint density at radius 3 is 2.47 bits per heavy atom. The molecule has 0 radical (unpaired) electrons. The smallest absolute Gasteiger partial charge is 0.227 e. The maximum Gasteiger partial charge on any atom is 0.227 e. The third kappa shape index (κ3) is 3.69. The average Bonchev–Trinajstić information content (AvgIpc) is 2.46. The van der Waals surface area contributed by atoms with E-state index >= 15 is 0 Å². The van der Waals surface area contributed by atoms with Crippen molar-refractivity contribution in [2.45, 2.75) is 52.1 Å². The van der Waals surface area contributed by atoms with E-state index in [1.165, 1.54) is 6.42 Å². The quantitative estimate of drug-likeness (QED) is 0.837. The second-order valence-electron chi connectivity index (χ2n) is 6.20. The summed E-state index contributed by atoms with van der Waals surface area (Å²) >= 11 is 0. The van der Waals surface area contributed by atoms with Crippen LogP contribution in [0.25, 0.3) is 0 Å². The first kappa shape index (κ1) is 14.8. The molecule has 2 fully saturated rings. The van der Waals surface area contributed by atoms with Crippen LogP contribution in [0.1, 0.15) is 40.0 Å². The lowest BCUT2D eigenvalue weighted by molar-refractivity contribution is -0.138. The predicted molar refractivity (Wildman–Crippen MR) is 78.1 cm³/mol. The molecular weight excluding hydrogens is 238 g/mol. The number of hydrogen-bond donors (Lipinski definition) is 1. The van der Waals surface area contributed by atoms with Crippen molar-refractivity contribution < 1.29 is 4.79 Å². The minimum Gasteiger partial charge on any atom is -0.340 e. The van der Waals surface area contributed by atoms with Gasteiger partial charge in [0.2, 0.25) is 5.91 Å². The first-order valence-electron chi connectivity index (χ1n) is 7.88. The number of piperazine rings is 1. The van der Waals surface area contributed by atoms with Crippen molar-refractivity contribution in [3.8, 4) is 0 Å². The number of carbonyl (C=O) groups is 1. The molecule has 19 heavy (non-hydrogen) atoms. The molecule has 0 bridgehead atoms. The van der Waals surface area contributed by atoms with Crippen LogP contribution in [0.2, 0.25) is 0 Å². The fourth-order valence-electron chi connectivity index (χ4n) is 3.11. The van der Waals surface area contributed by atoms with Gasteiger partial charge in [-0.2, -0.15) is 0 Å². The Labute approximate surface area is 117 Å². The van der Waals surface area contributed by atoms with Gasteiger partial charge < -0.3 is 10.2 Å². The Morgan fingerprint density at radius 2 is 1.95 bits per heavy atom. The number of amides is 1. The van der Waals surface area contributed by atoms with E-state index in [1.54, 1.807) is 0 Å². The summed E-state index contributed by atoms with van der Waals surface area (Å²) in [5.74, 6) is 0.592. The van der Waals surface area contributed by atoms with Gasteiger partial charge >= 0.3 is 0 Å². The molecule has 0 aromatic rings. The molecule has 0 aliphatic carbocycles. The molecule has 2 aliphatic rings. The molecule has 0 spiro atoms. The monoisotopic (exact) mass is 267 g/mol. The average molecular weight is 267 g/mol. The van der Waals surface area contributed by atoms with Crippen LogP contribution in [-0.2, 0) is 4.79 Å². The number of piperidine rings is 1. The van der Waals surface area contributed by atoms with Crippen molar-refractivity contribution in [1.82, 2.24) is 15.1 Å². The Bertz CT molecular complexity index is 292. The topological polar surface area (TPSA) is 35.6 Å². The third-order valence-corrected chi connectivity index (χ3v) is 4.85. The molecule has 3 unspecified atom stereocenters. The second-order valence-corrected chi connectivity index (χ2v) is 6.20. The van der Waals surface area contributed by atoms with Crippen LogP contribution in [0.3, 0.4) is 0 Å². The van der Waals surface area contributed by atoms with E-state index in [1.807, 2.05) is 0 Å². The molecule has 4 nitrogen and oxygen atoms in total. The van der Waals surface area contributed by atoms with Gasteiger partial charge in [-0.1, -0.05) is 6.92 Å². The molecule has 3 atom stereocenters. The molecule has 2 saturated heterocycles. The molecule has 4 heteroatoms. The molecule has 2 aliphatic heterocycles. The van der Waals surface area contributed by atoms with Gasteiger partial charge in [-0.15, -0.1) is 0 Å². The molecule has 0 aromatic carbocycles. The van der Waals surface area contributed by atoms with E-state index in [9.17, 15) is 4.79 Å². The van der Waals surface area contributed by atoms with Gasteiger partial charge in [0.15, 0.2) is 0 Å². The number of hydrogen-bond acceptors (Lipinski definition) is 3. The van der Waals surface area contributed by atoms with Gasteiger partial charge in [-0.05, 0) is 33.1 Å². The summed E-state index contributed by atoms with van der Waals surface area (Å²) in [6.07, 6.45) is 3.38. The van der Waals surface area contributed by atoms with Crippen LogP contribution < -0.4 is 5.32 Å². The first-order valence-corrected chi connectivity index (χ1v) is 7.88. The standard InChI is InChI=1S/C15H29N3O/c1-4-13(3)17-7-9-18(10-8-17)15(19)14-6-5-12(2)16-11-14/h12-14,16H,4-11H2,1-3H3. The number of carbonyl (C=O) groups excluding carboxylic acids is 1. The van der Waals surface area contributed by atoms with Crippen LogP contribution in [0.15, 0.2) is 0 Å².